The van der Waals surface area contributed by atoms with Gasteiger partial charge in [-0.3, -0.25) is 20.1 Å². The van der Waals surface area contributed by atoms with Crippen LogP contribution in [0, 0.1) is 9.49 Å². The van der Waals surface area contributed by atoms with Crippen LogP contribution in [0.5, 0.6) is 5.75 Å². The largest absolute Gasteiger partial charge is 0.508 e. The molecule has 0 aliphatic heterocycles. The minimum absolute atomic E-state index is 0.0327. The number of carbonyl (C=O) groups excluding carboxylic acids is 3. The highest BCUT2D eigenvalue weighted by Gasteiger charge is 2.27. The number of allylic oxidation sites excluding steroid dienone is 1. The summed E-state index contributed by atoms with van der Waals surface area (Å²) in [5.41, 5.74) is 2.23. The maximum atomic E-state index is 12.4. The fourth-order valence-electron chi connectivity index (χ4n) is 2.88. The van der Waals surface area contributed by atoms with Crippen molar-refractivity contribution in [1.29, 1.82) is 0 Å². The lowest BCUT2D eigenvalue weighted by molar-refractivity contribution is -0.124. The average molecular weight is 538 g/mol. The number of hydroxylamine groups is 1. The lowest BCUT2D eigenvalue weighted by atomic mass is 9.92. The number of alkyl carbamates (subject to hydrolysis) is 1. The number of benzene rings is 2. The van der Waals surface area contributed by atoms with E-state index in [-0.39, 0.29) is 11.7 Å². The van der Waals surface area contributed by atoms with Crippen molar-refractivity contribution in [2.24, 2.45) is 5.92 Å². The van der Waals surface area contributed by atoms with Crippen LogP contribution in [0.2, 0.25) is 0 Å². The predicted octanol–water partition coefficient (Wildman–Crippen LogP) is 4.08. The number of phenolic OH excluding ortho intramolecular Hbond substituents is 1. The summed E-state index contributed by atoms with van der Waals surface area (Å²) in [6.07, 6.45) is 1.97. The molecule has 164 valence electrons. The number of hydrogen-bond donors (Lipinski definition) is 4. The van der Waals surface area contributed by atoms with Crippen LogP contribution in [0.25, 0.3) is 0 Å². The molecule has 0 saturated heterocycles. The van der Waals surface area contributed by atoms with Crippen molar-refractivity contribution in [3.63, 3.8) is 0 Å². The van der Waals surface area contributed by atoms with Crippen LogP contribution in [0.4, 0.5) is 4.79 Å². The van der Waals surface area contributed by atoms with E-state index in [0.717, 1.165) is 3.57 Å². The van der Waals surface area contributed by atoms with E-state index in [1.807, 2.05) is 6.92 Å². The molecule has 0 fully saturated rings. The highest BCUT2D eigenvalue weighted by Crippen LogP contribution is 2.35. The molecule has 8 nitrogen and oxygen atoms in total. The third kappa shape index (κ3) is 7.68. The molecule has 2 atom stereocenters. The highest BCUT2D eigenvalue weighted by atomic mass is 127. The van der Waals surface area contributed by atoms with Crippen molar-refractivity contribution < 1.29 is 29.4 Å². The van der Waals surface area contributed by atoms with Gasteiger partial charge in [0.05, 0.1) is 0 Å². The summed E-state index contributed by atoms with van der Waals surface area (Å²) in [7, 11) is 0. The van der Waals surface area contributed by atoms with E-state index < -0.39 is 24.0 Å². The van der Waals surface area contributed by atoms with Crippen LogP contribution in [-0.2, 0) is 9.53 Å². The first-order valence-electron chi connectivity index (χ1n) is 9.47. The Morgan fingerprint density at radius 3 is 2.55 bits per heavy atom. The first-order valence-corrected chi connectivity index (χ1v) is 10.6. The molecule has 2 aromatic carbocycles. The molecule has 3 amide bonds. The summed E-state index contributed by atoms with van der Waals surface area (Å²) in [5.74, 6) is -1.53. The van der Waals surface area contributed by atoms with Crippen LogP contribution < -0.4 is 10.8 Å². The van der Waals surface area contributed by atoms with Gasteiger partial charge >= 0.3 is 6.09 Å². The van der Waals surface area contributed by atoms with Crippen molar-refractivity contribution in [3.05, 3.63) is 75.4 Å². The second-order valence-corrected chi connectivity index (χ2v) is 8.03. The average Bonchev–Trinajstić information content (AvgIpc) is 2.77. The Bertz CT molecular complexity index is 948. The molecule has 0 saturated carbocycles. The molecule has 4 N–H and O–H groups in total. The van der Waals surface area contributed by atoms with Gasteiger partial charge in [0.25, 0.3) is 11.8 Å². The van der Waals surface area contributed by atoms with Crippen LogP contribution in [0.15, 0.2) is 60.7 Å². The Morgan fingerprint density at radius 2 is 1.87 bits per heavy atom. The van der Waals surface area contributed by atoms with Gasteiger partial charge in [-0.2, -0.15) is 0 Å². The zero-order chi connectivity index (χ0) is 22.8. The van der Waals surface area contributed by atoms with Crippen molar-refractivity contribution >= 4 is 40.5 Å². The SMILES string of the molecule is C[C@@H](CC/C=C/C(=O)NO)[C@@H](OC(=O)NC(=O)c1ccccc1)c1cc(I)ccc1O. The molecule has 0 aliphatic rings. The van der Waals surface area contributed by atoms with E-state index in [4.69, 9.17) is 9.94 Å². The van der Waals surface area contributed by atoms with Gasteiger partial charge in [0.1, 0.15) is 11.9 Å². The minimum Gasteiger partial charge on any atom is -0.508 e. The Balaban J connectivity index is 2.14. The Morgan fingerprint density at radius 1 is 1.16 bits per heavy atom. The number of imide groups is 1. The lowest BCUT2D eigenvalue weighted by Gasteiger charge is -2.25. The number of hydrogen-bond acceptors (Lipinski definition) is 6. The minimum atomic E-state index is -0.931. The van der Waals surface area contributed by atoms with Gasteiger partial charge in [-0.1, -0.05) is 31.2 Å². The molecular formula is C22H23IN2O6. The molecule has 0 bridgehead atoms. The molecule has 0 aliphatic carbocycles. The number of amides is 3. The maximum absolute atomic E-state index is 12.4. The maximum Gasteiger partial charge on any atom is 0.414 e. The van der Waals surface area contributed by atoms with Gasteiger partial charge in [-0.05, 0) is 71.7 Å². The number of halogens is 1. The van der Waals surface area contributed by atoms with Crippen LogP contribution in [0.1, 0.15) is 41.8 Å². The smallest absolute Gasteiger partial charge is 0.414 e. The Labute approximate surface area is 193 Å². The van der Waals surface area contributed by atoms with E-state index in [2.05, 4.69) is 27.9 Å². The molecule has 2 aromatic rings. The van der Waals surface area contributed by atoms with Gasteiger partial charge in [0, 0.05) is 20.8 Å². The summed E-state index contributed by atoms with van der Waals surface area (Å²) in [5, 5.41) is 21.0. The van der Waals surface area contributed by atoms with E-state index in [1.165, 1.54) is 17.6 Å². The van der Waals surface area contributed by atoms with Gasteiger partial charge in [0.2, 0.25) is 0 Å². The predicted molar refractivity (Wildman–Crippen MR) is 121 cm³/mol. The molecule has 31 heavy (non-hydrogen) atoms. The van der Waals surface area contributed by atoms with Crippen molar-refractivity contribution in [3.8, 4) is 5.75 Å². The first-order chi connectivity index (χ1) is 14.8. The van der Waals surface area contributed by atoms with Crippen LogP contribution in [-0.4, -0.2) is 28.2 Å². The number of rotatable bonds is 8. The number of carbonyl (C=O) groups is 3. The van der Waals surface area contributed by atoms with Crippen molar-refractivity contribution in [2.45, 2.75) is 25.9 Å². The summed E-state index contributed by atoms with van der Waals surface area (Å²) < 4.78 is 6.39. The molecule has 0 aromatic heterocycles. The fraction of sp³-hybridized carbons (Fsp3) is 0.227. The molecule has 9 heteroatoms. The number of phenols is 1. The van der Waals surface area contributed by atoms with E-state index >= 15 is 0 Å². The number of aromatic hydroxyl groups is 1. The second kappa shape index (κ2) is 12.1. The topological polar surface area (TPSA) is 125 Å². The summed E-state index contributed by atoms with van der Waals surface area (Å²) >= 11 is 2.09. The highest BCUT2D eigenvalue weighted by molar-refractivity contribution is 14.1. The third-order valence-corrected chi connectivity index (χ3v) is 5.14. The molecule has 0 unspecified atom stereocenters. The summed E-state index contributed by atoms with van der Waals surface area (Å²) in [6, 6.07) is 13.2. The summed E-state index contributed by atoms with van der Waals surface area (Å²) in [4.78, 5) is 35.7. The van der Waals surface area contributed by atoms with Gasteiger partial charge in [0.15, 0.2) is 0 Å². The number of ether oxygens (including phenoxy) is 1. The molecule has 0 spiro atoms. The van der Waals surface area contributed by atoms with Crippen LogP contribution >= 0.6 is 22.6 Å². The van der Waals surface area contributed by atoms with Gasteiger partial charge in [-0.15, -0.1) is 0 Å². The Hall–Kier alpha value is -2.92. The van der Waals surface area contributed by atoms with E-state index in [1.54, 1.807) is 48.5 Å². The van der Waals surface area contributed by atoms with Gasteiger partial charge < -0.3 is 9.84 Å². The zero-order valence-electron chi connectivity index (χ0n) is 16.7. The fourth-order valence-corrected chi connectivity index (χ4v) is 3.39. The van der Waals surface area contributed by atoms with E-state index in [0.29, 0.717) is 24.0 Å². The third-order valence-electron chi connectivity index (χ3n) is 4.47. The Kier molecular flexibility index (Phi) is 9.47. The standard InChI is InChI=1S/C22H23IN2O6/c1-14(7-5-6-10-19(27)25-30)20(17-13-16(23)11-12-18(17)26)31-22(29)24-21(28)15-8-3-2-4-9-15/h2-4,6,8-14,20,26,30H,5,7H2,1H3,(H,25,27)(H,24,28,29)/b10-6+/t14-,20+/m0/s1. The molecule has 2 rings (SSSR count). The molecule has 0 radical (unpaired) electrons. The van der Waals surface area contributed by atoms with Gasteiger partial charge in [-0.25, -0.2) is 10.3 Å². The van der Waals surface area contributed by atoms with Crippen molar-refractivity contribution in [2.75, 3.05) is 0 Å². The normalized spacial score (nSPS) is 12.7. The van der Waals surface area contributed by atoms with E-state index in [9.17, 15) is 19.5 Å². The van der Waals surface area contributed by atoms with Crippen LogP contribution in [0.3, 0.4) is 0 Å². The molecular weight excluding hydrogens is 515 g/mol. The first kappa shape index (κ1) is 24.4. The monoisotopic (exact) mass is 538 g/mol. The quantitative estimate of drug-likeness (QED) is 0.174. The van der Waals surface area contributed by atoms with Crippen molar-refractivity contribution in [1.82, 2.24) is 10.8 Å². The second-order valence-electron chi connectivity index (χ2n) is 6.78. The summed E-state index contributed by atoms with van der Waals surface area (Å²) in [6.45, 7) is 1.83. The zero-order valence-corrected chi connectivity index (χ0v) is 18.9. The number of nitrogens with one attached hydrogen (secondary N) is 2. The molecule has 0 heterocycles. The lowest BCUT2D eigenvalue weighted by Crippen LogP contribution is -2.33.